The second-order valence-corrected chi connectivity index (χ2v) is 11.1. The highest BCUT2D eigenvalue weighted by Gasteiger charge is 2.46. The smallest absolute Gasteiger partial charge is 0.410 e. The van der Waals surface area contributed by atoms with Crippen LogP contribution in [0.5, 0.6) is 11.8 Å². The number of hydrogen-bond acceptors (Lipinski definition) is 8. The lowest BCUT2D eigenvalue weighted by Gasteiger charge is -2.42. The Labute approximate surface area is 208 Å². The molecule has 1 amide bonds. The van der Waals surface area contributed by atoms with Gasteiger partial charge in [-0.05, 0) is 46.5 Å². The van der Waals surface area contributed by atoms with Crippen molar-refractivity contribution in [3.63, 3.8) is 0 Å². The number of halogens is 2. The number of aliphatic hydroxyl groups is 1. The molecule has 2 unspecified atom stereocenters. The molecule has 1 saturated carbocycles. The van der Waals surface area contributed by atoms with Crippen LogP contribution in [0.2, 0.25) is 0 Å². The van der Waals surface area contributed by atoms with Gasteiger partial charge in [-0.1, -0.05) is 0 Å². The zero-order valence-corrected chi connectivity index (χ0v) is 21.0. The van der Waals surface area contributed by atoms with E-state index < -0.39 is 17.2 Å². The molecule has 3 aliphatic rings. The third-order valence-corrected chi connectivity index (χ3v) is 7.18. The third kappa shape index (κ3) is 4.49. The minimum atomic E-state index is -0.853. The number of amides is 1. The van der Waals surface area contributed by atoms with Crippen LogP contribution in [0.15, 0.2) is 6.07 Å². The Morgan fingerprint density at radius 1 is 1.17 bits per heavy atom. The SMILES string of the molecule is COc1c(F)cc(F)c2nc(OCC3(CO)CC3)nc(N3CC4CCC(C3)N4C(=O)OC(C)(C)C)c12. The van der Waals surface area contributed by atoms with E-state index >= 15 is 0 Å². The number of carbonyl (C=O) groups excluding carboxylic acids is 1. The van der Waals surface area contributed by atoms with Crippen molar-refractivity contribution in [3.05, 3.63) is 17.7 Å². The third-order valence-electron chi connectivity index (χ3n) is 7.18. The van der Waals surface area contributed by atoms with Crippen molar-refractivity contribution in [1.29, 1.82) is 0 Å². The number of ether oxygens (including phenoxy) is 3. The number of rotatable bonds is 6. The fourth-order valence-electron chi connectivity index (χ4n) is 5.10. The van der Waals surface area contributed by atoms with Crippen molar-refractivity contribution >= 4 is 22.8 Å². The highest BCUT2D eigenvalue weighted by molar-refractivity contribution is 5.96. The van der Waals surface area contributed by atoms with Gasteiger partial charge in [0, 0.05) is 24.6 Å². The Morgan fingerprint density at radius 2 is 1.83 bits per heavy atom. The van der Waals surface area contributed by atoms with Gasteiger partial charge in [0.25, 0.3) is 0 Å². The topological polar surface area (TPSA) is 97.2 Å². The quantitative estimate of drug-likeness (QED) is 0.634. The summed E-state index contributed by atoms with van der Waals surface area (Å²) < 4.78 is 46.4. The lowest BCUT2D eigenvalue weighted by molar-refractivity contribution is 0.0122. The summed E-state index contributed by atoms with van der Waals surface area (Å²) in [4.78, 5) is 25.4. The lowest BCUT2D eigenvalue weighted by Crippen LogP contribution is -2.57. The molecule has 9 nitrogen and oxygen atoms in total. The average Bonchev–Trinajstić information content (AvgIpc) is 3.55. The number of hydrogen-bond donors (Lipinski definition) is 1. The van der Waals surface area contributed by atoms with Crippen LogP contribution in [-0.4, -0.2) is 77.2 Å². The predicted molar refractivity (Wildman–Crippen MR) is 127 cm³/mol. The number of aromatic nitrogens is 2. The molecule has 2 saturated heterocycles. The number of benzene rings is 1. The van der Waals surface area contributed by atoms with Gasteiger partial charge in [-0.3, -0.25) is 4.90 Å². The van der Waals surface area contributed by atoms with Crippen LogP contribution in [0.3, 0.4) is 0 Å². The Bertz CT molecular complexity index is 1170. The molecule has 5 rings (SSSR count). The maximum atomic E-state index is 15.0. The second-order valence-electron chi connectivity index (χ2n) is 11.1. The van der Waals surface area contributed by atoms with Crippen molar-refractivity contribution in [1.82, 2.24) is 14.9 Å². The molecule has 36 heavy (non-hydrogen) atoms. The van der Waals surface area contributed by atoms with Gasteiger partial charge in [0.2, 0.25) is 0 Å². The highest BCUT2D eigenvalue weighted by atomic mass is 19.1. The molecule has 2 bridgehead atoms. The largest absolute Gasteiger partial charge is 0.493 e. The first kappa shape index (κ1) is 24.7. The molecule has 3 heterocycles. The Kier molecular flexibility index (Phi) is 6.09. The van der Waals surface area contributed by atoms with Gasteiger partial charge in [0.1, 0.15) is 16.9 Å². The van der Waals surface area contributed by atoms with Gasteiger partial charge in [0.15, 0.2) is 17.4 Å². The molecule has 3 fully saturated rings. The summed E-state index contributed by atoms with van der Waals surface area (Å²) in [5.41, 5.74) is -1.04. The van der Waals surface area contributed by atoms with Gasteiger partial charge in [0.05, 0.1) is 37.8 Å². The van der Waals surface area contributed by atoms with Crippen LogP contribution >= 0.6 is 0 Å². The normalized spacial score (nSPS) is 22.6. The molecule has 1 aromatic carbocycles. The minimum absolute atomic E-state index is 0.0170. The van der Waals surface area contributed by atoms with E-state index in [1.807, 2.05) is 25.7 Å². The van der Waals surface area contributed by atoms with Crippen LogP contribution in [0, 0.1) is 17.0 Å². The maximum absolute atomic E-state index is 15.0. The molecule has 1 aromatic heterocycles. The summed E-state index contributed by atoms with van der Waals surface area (Å²) in [6, 6.07) is 0.414. The van der Waals surface area contributed by atoms with Crippen molar-refractivity contribution < 1.29 is 32.9 Å². The monoisotopic (exact) mass is 506 g/mol. The summed E-state index contributed by atoms with van der Waals surface area (Å²) in [5, 5.41) is 9.74. The summed E-state index contributed by atoms with van der Waals surface area (Å²) in [7, 11) is 1.31. The van der Waals surface area contributed by atoms with Gasteiger partial charge >= 0.3 is 12.1 Å². The first-order chi connectivity index (χ1) is 17.0. The van der Waals surface area contributed by atoms with E-state index in [1.165, 1.54) is 7.11 Å². The summed E-state index contributed by atoms with van der Waals surface area (Å²) >= 11 is 0. The van der Waals surface area contributed by atoms with Gasteiger partial charge in [-0.2, -0.15) is 9.97 Å². The molecule has 2 aromatic rings. The molecule has 196 valence electrons. The Hall–Kier alpha value is -2.95. The highest BCUT2D eigenvalue weighted by Crippen LogP contribution is 2.46. The van der Waals surface area contributed by atoms with Crippen LogP contribution < -0.4 is 14.4 Å². The number of carbonyl (C=O) groups is 1. The van der Waals surface area contributed by atoms with E-state index in [1.54, 1.807) is 4.90 Å². The molecule has 1 aliphatic carbocycles. The van der Waals surface area contributed by atoms with Gasteiger partial charge in [-0.25, -0.2) is 13.6 Å². The molecular weight excluding hydrogens is 474 g/mol. The minimum Gasteiger partial charge on any atom is -0.493 e. The summed E-state index contributed by atoms with van der Waals surface area (Å²) in [6.45, 7) is 6.48. The number of methoxy groups -OCH3 is 1. The van der Waals surface area contributed by atoms with Crippen LogP contribution in [0.4, 0.5) is 19.4 Å². The van der Waals surface area contributed by atoms with Crippen LogP contribution in [0.25, 0.3) is 10.9 Å². The van der Waals surface area contributed by atoms with E-state index in [9.17, 15) is 18.7 Å². The van der Waals surface area contributed by atoms with Gasteiger partial charge < -0.3 is 24.2 Å². The summed E-state index contributed by atoms with van der Waals surface area (Å²) in [6.07, 6.45) is 2.86. The number of nitrogens with zero attached hydrogens (tertiary/aromatic N) is 4. The van der Waals surface area contributed by atoms with Crippen molar-refractivity contribution in [2.24, 2.45) is 5.41 Å². The Morgan fingerprint density at radius 3 is 2.39 bits per heavy atom. The molecule has 2 atom stereocenters. The number of aliphatic hydroxyl groups excluding tert-OH is 1. The van der Waals surface area contributed by atoms with E-state index in [0.29, 0.717) is 18.9 Å². The van der Waals surface area contributed by atoms with E-state index in [2.05, 4.69) is 9.97 Å². The fourth-order valence-corrected chi connectivity index (χ4v) is 5.10. The second kappa shape index (κ2) is 8.86. The average molecular weight is 507 g/mol. The van der Waals surface area contributed by atoms with E-state index in [0.717, 1.165) is 31.7 Å². The predicted octanol–water partition coefficient (Wildman–Crippen LogP) is 3.66. The first-order valence-corrected chi connectivity index (χ1v) is 12.3. The zero-order valence-electron chi connectivity index (χ0n) is 21.0. The number of piperazine rings is 1. The number of anilines is 1. The van der Waals surface area contributed by atoms with E-state index in [4.69, 9.17) is 14.2 Å². The van der Waals surface area contributed by atoms with Gasteiger partial charge in [-0.15, -0.1) is 0 Å². The van der Waals surface area contributed by atoms with Crippen molar-refractivity contribution in [2.45, 2.75) is 64.1 Å². The molecule has 0 radical (unpaired) electrons. The standard InChI is InChI=1S/C25H32F2N4O5/c1-24(2,3)36-23(33)31-14-5-6-15(31)11-30(10-14)21-18-19(16(26)9-17(27)20(18)34-4)28-22(29-21)35-13-25(12-32)7-8-25/h9,14-15,32H,5-8,10-13H2,1-4H3. The van der Waals surface area contributed by atoms with Crippen molar-refractivity contribution in [2.75, 3.05) is 38.3 Å². The zero-order chi connectivity index (χ0) is 25.8. The number of fused-ring (bicyclic) bond motifs is 3. The first-order valence-electron chi connectivity index (χ1n) is 12.3. The molecular formula is C25H32F2N4O5. The Balaban J connectivity index is 1.51. The molecule has 11 heteroatoms. The van der Waals surface area contributed by atoms with Crippen LogP contribution in [0.1, 0.15) is 46.5 Å². The molecule has 0 spiro atoms. The van der Waals surface area contributed by atoms with Crippen LogP contribution in [-0.2, 0) is 4.74 Å². The molecule has 2 aliphatic heterocycles. The fraction of sp³-hybridized carbons (Fsp3) is 0.640. The lowest BCUT2D eigenvalue weighted by atomic mass is 10.1. The maximum Gasteiger partial charge on any atom is 0.410 e. The van der Waals surface area contributed by atoms with Crippen molar-refractivity contribution in [3.8, 4) is 11.8 Å². The summed E-state index contributed by atoms with van der Waals surface area (Å²) in [5.74, 6) is -1.56. The molecule has 1 N–H and O–H groups in total. The van der Waals surface area contributed by atoms with E-state index in [-0.39, 0.29) is 59.5 Å².